The van der Waals surface area contributed by atoms with Crippen molar-refractivity contribution in [3.63, 3.8) is 0 Å². The average molecular weight is 428 g/mol. The Hall–Kier alpha value is -2.12. The summed E-state index contributed by atoms with van der Waals surface area (Å²) in [6, 6.07) is -4.03. The van der Waals surface area contributed by atoms with Gasteiger partial charge in [-0.15, -0.1) is 0 Å². The van der Waals surface area contributed by atoms with Crippen LogP contribution in [0.2, 0.25) is 0 Å². The van der Waals surface area contributed by atoms with E-state index in [2.05, 4.69) is 21.0 Å². The van der Waals surface area contributed by atoms with Gasteiger partial charge in [0.05, 0.1) is 11.1 Å². The zero-order valence-corrected chi connectivity index (χ0v) is 12.5. The van der Waals surface area contributed by atoms with Crippen LogP contribution < -0.4 is 5.43 Å². The predicted octanol–water partition coefficient (Wildman–Crippen LogP) is 3.78. The molecule has 0 amide bonds. The number of benzene rings is 1. The van der Waals surface area contributed by atoms with Gasteiger partial charge in [0.15, 0.2) is 0 Å². The van der Waals surface area contributed by atoms with E-state index in [1.807, 2.05) is 0 Å². The van der Waals surface area contributed by atoms with E-state index in [0.717, 1.165) is 12.1 Å². The molecule has 0 aromatic heterocycles. The van der Waals surface area contributed by atoms with Crippen LogP contribution in [0.5, 0.6) is 5.75 Å². The number of nitro benzene ring substituents is 1. The van der Waals surface area contributed by atoms with E-state index >= 15 is 0 Å². The summed E-state index contributed by atoms with van der Waals surface area (Å²) in [5, 5.41) is 22.6. The summed E-state index contributed by atoms with van der Waals surface area (Å²) in [5.74, 6) is -7.48. The first-order valence-corrected chi connectivity index (χ1v) is 6.29. The SMILES string of the molecule is O=[N+]([O-])c1cc(Br)cc(/C=N\NC(F)(F)C(F)(F)C(F)(F)F)c1O. The van der Waals surface area contributed by atoms with Gasteiger partial charge in [-0.25, -0.2) is 5.43 Å². The van der Waals surface area contributed by atoms with E-state index in [0.29, 0.717) is 5.43 Å². The predicted molar refractivity (Wildman–Crippen MR) is 69.1 cm³/mol. The maximum Gasteiger partial charge on any atom is 0.462 e. The Morgan fingerprint density at radius 1 is 1.21 bits per heavy atom. The highest BCUT2D eigenvalue weighted by Gasteiger charge is 2.73. The molecule has 0 saturated carbocycles. The molecule has 1 aromatic carbocycles. The smallest absolute Gasteiger partial charge is 0.462 e. The number of hydrogen-bond acceptors (Lipinski definition) is 5. The summed E-state index contributed by atoms with van der Waals surface area (Å²) in [5.41, 5.74) is -1.15. The van der Waals surface area contributed by atoms with Gasteiger partial charge < -0.3 is 5.11 Å². The van der Waals surface area contributed by atoms with Crippen LogP contribution in [0, 0.1) is 10.1 Å². The third kappa shape index (κ3) is 3.85. The van der Waals surface area contributed by atoms with Crippen molar-refractivity contribution in [2.45, 2.75) is 18.1 Å². The van der Waals surface area contributed by atoms with E-state index in [-0.39, 0.29) is 10.7 Å². The third-order valence-electron chi connectivity index (χ3n) is 2.44. The molecular weight excluding hydrogens is 423 g/mol. The van der Waals surface area contributed by atoms with Crippen molar-refractivity contribution < 1.29 is 40.8 Å². The molecule has 2 N–H and O–H groups in total. The van der Waals surface area contributed by atoms with E-state index in [4.69, 9.17) is 0 Å². The second-order valence-electron chi connectivity index (χ2n) is 4.14. The van der Waals surface area contributed by atoms with Crippen LogP contribution in [0.4, 0.5) is 36.4 Å². The largest absolute Gasteiger partial charge is 0.502 e. The lowest BCUT2D eigenvalue weighted by Gasteiger charge is -2.27. The Labute approximate surface area is 136 Å². The molecule has 0 aliphatic rings. The van der Waals surface area contributed by atoms with Gasteiger partial charge in [-0.05, 0) is 6.07 Å². The van der Waals surface area contributed by atoms with Crippen LogP contribution >= 0.6 is 15.9 Å². The number of nitrogens with one attached hydrogen (secondary N) is 1. The first-order chi connectivity index (χ1) is 10.7. The van der Waals surface area contributed by atoms with E-state index < -0.39 is 40.1 Å². The number of halogens is 8. The Bertz CT molecular complexity index is 678. The Kier molecular flexibility index (Phi) is 5.32. The van der Waals surface area contributed by atoms with Crippen molar-refractivity contribution in [1.82, 2.24) is 5.43 Å². The van der Waals surface area contributed by atoms with E-state index in [1.54, 1.807) is 0 Å². The van der Waals surface area contributed by atoms with Crippen LogP contribution in [0.15, 0.2) is 21.7 Å². The number of nitrogens with zero attached hydrogens (tertiary/aromatic N) is 2. The highest BCUT2D eigenvalue weighted by atomic mass is 79.9. The molecular formula is C10H5BrF7N3O3. The van der Waals surface area contributed by atoms with Crippen molar-refractivity contribution in [2.24, 2.45) is 5.10 Å². The summed E-state index contributed by atoms with van der Waals surface area (Å²) < 4.78 is 86.7. The summed E-state index contributed by atoms with van der Waals surface area (Å²) in [6.45, 7) is 0. The summed E-state index contributed by atoms with van der Waals surface area (Å²) in [7, 11) is 0. The van der Waals surface area contributed by atoms with Crippen LogP contribution in [0.25, 0.3) is 0 Å². The van der Waals surface area contributed by atoms with Crippen LogP contribution in [-0.2, 0) is 0 Å². The lowest BCUT2D eigenvalue weighted by atomic mass is 10.2. The molecule has 24 heavy (non-hydrogen) atoms. The number of hydrogen-bond donors (Lipinski definition) is 2. The van der Waals surface area contributed by atoms with Crippen molar-refractivity contribution in [2.75, 3.05) is 0 Å². The molecule has 0 unspecified atom stereocenters. The lowest BCUT2D eigenvalue weighted by molar-refractivity contribution is -0.385. The maximum absolute atomic E-state index is 12.9. The first kappa shape index (κ1) is 19.9. The minimum absolute atomic E-state index is 0.0131. The van der Waals surface area contributed by atoms with Gasteiger partial charge in [0.25, 0.3) is 0 Å². The highest BCUT2D eigenvalue weighted by Crippen LogP contribution is 2.45. The number of aromatic hydroxyl groups is 1. The quantitative estimate of drug-likeness (QED) is 0.246. The second-order valence-corrected chi connectivity index (χ2v) is 5.05. The number of nitro groups is 1. The van der Waals surface area contributed by atoms with Crippen LogP contribution in [0.3, 0.4) is 0 Å². The number of alkyl halides is 7. The minimum Gasteiger partial charge on any atom is -0.502 e. The highest BCUT2D eigenvalue weighted by molar-refractivity contribution is 9.10. The lowest BCUT2D eigenvalue weighted by Crippen LogP contribution is -2.58. The van der Waals surface area contributed by atoms with Crippen LogP contribution in [0.1, 0.15) is 5.56 Å². The molecule has 134 valence electrons. The molecule has 0 spiro atoms. The van der Waals surface area contributed by atoms with Crippen molar-refractivity contribution >= 4 is 27.8 Å². The van der Waals surface area contributed by atoms with Gasteiger partial charge in [-0.3, -0.25) is 10.1 Å². The molecule has 0 aliphatic carbocycles. The van der Waals surface area contributed by atoms with Crippen molar-refractivity contribution in [1.29, 1.82) is 0 Å². The van der Waals surface area contributed by atoms with Crippen molar-refractivity contribution in [3.05, 3.63) is 32.3 Å². The monoisotopic (exact) mass is 427 g/mol. The fourth-order valence-corrected chi connectivity index (χ4v) is 1.74. The summed E-state index contributed by atoms with van der Waals surface area (Å²) >= 11 is 2.79. The molecule has 0 heterocycles. The minimum atomic E-state index is -6.55. The Morgan fingerprint density at radius 2 is 1.75 bits per heavy atom. The standard InChI is InChI=1S/C10H5BrF7N3O3/c11-5-1-4(7(22)6(2-5)21(23)24)3-19-20-10(17,18)8(12,13)9(14,15)16/h1-3,20,22H/b19-3-. The molecule has 0 saturated heterocycles. The van der Waals surface area contributed by atoms with Gasteiger partial charge in [0, 0.05) is 16.1 Å². The van der Waals surface area contributed by atoms with E-state index in [1.165, 1.54) is 0 Å². The normalized spacial score (nSPS) is 13.3. The third-order valence-corrected chi connectivity index (χ3v) is 2.90. The summed E-state index contributed by atoms with van der Waals surface area (Å²) in [6.07, 6.45) is -6.33. The molecule has 1 rings (SSSR count). The van der Waals surface area contributed by atoms with Gasteiger partial charge >= 0.3 is 23.8 Å². The number of rotatable bonds is 5. The van der Waals surface area contributed by atoms with E-state index in [9.17, 15) is 46.0 Å². The van der Waals surface area contributed by atoms with Gasteiger partial charge in [0.1, 0.15) is 0 Å². The van der Waals surface area contributed by atoms with Crippen molar-refractivity contribution in [3.8, 4) is 5.75 Å². The molecule has 0 aliphatic heterocycles. The van der Waals surface area contributed by atoms with Gasteiger partial charge in [0.2, 0.25) is 5.75 Å². The molecule has 6 nitrogen and oxygen atoms in total. The number of hydrazone groups is 1. The van der Waals surface area contributed by atoms with Crippen LogP contribution in [-0.4, -0.2) is 34.4 Å². The zero-order valence-electron chi connectivity index (χ0n) is 10.9. The first-order valence-electron chi connectivity index (χ1n) is 5.50. The zero-order chi connectivity index (χ0) is 18.9. The topological polar surface area (TPSA) is 87.8 Å². The molecule has 1 aromatic rings. The van der Waals surface area contributed by atoms with Gasteiger partial charge in [-0.1, -0.05) is 15.9 Å². The number of phenolic OH excluding ortho intramolecular Hbond substituents is 1. The molecule has 0 fully saturated rings. The molecule has 0 radical (unpaired) electrons. The summed E-state index contributed by atoms with van der Waals surface area (Å²) in [4.78, 5) is 9.58. The fourth-order valence-electron chi connectivity index (χ4n) is 1.27. The molecule has 14 heteroatoms. The average Bonchev–Trinajstić information content (AvgIpc) is 2.40. The Balaban J connectivity index is 3.10. The molecule has 0 bridgehead atoms. The maximum atomic E-state index is 12.9. The number of phenols is 1. The second kappa shape index (κ2) is 6.41. The molecule has 0 atom stereocenters. The fraction of sp³-hybridized carbons (Fsp3) is 0.300. The Morgan fingerprint density at radius 3 is 2.21 bits per heavy atom. The van der Waals surface area contributed by atoms with Gasteiger partial charge in [-0.2, -0.15) is 35.8 Å².